The SMILES string of the molecule is O=S(=O)(NCC1(c2ccccc2)CCC1)c1ccccc1OC(F)(F)F. The van der Waals surface area contributed by atoms with E-state index in [4.69, 9.17) is 0 Å². The van der Waals surface area contributed by atoms with Crippen LogP contribution >= 0.6 is 0 Å². The first kappa shape index (κ1) is 18.7. The molecule has 8 heteroatoms. The van der Waals surface area contributed by atoms with Gasteiger partial charge in [-0.1, -0.05) is 48.9 Å². The van der Waals surface area contributed by atoms with Gasteiger partial charge in [0.2, 0.25) is 10.0 Å². The van der Waals surface area contributed by atoms with Crippen LogP contribution in [0.3, 0.4) is 0 Å². The summed E-state index contributed by atoms with van der Waals surface area (Å²) in [6.45, 7) is 0.125. The van der Waals surface area contributed by atoms with E-state index >= 15 is 0 Å². The van der Waals surface area contributed by atoms with Crippen molar-refractivity contribution < 1.29 is 26.3 Å². The zero-order valence-electron chi connectivity index (χ0n) is 13.8. The molecule has 1 aliphatic rings. The molecule has 0 radical (unpaired) electrons. The van der Waals surface area contributed by atoms with Crippen molar-refractivity contribution in [3.05, 3.63) is 60.2 Å². The fourth-order valence-electron chi connectivity index (χ4n) is 3.15. The molecule has 0 saturated heterocycles. The van der Waals surface area contributed by atoms with Gasteiger partial charge in [-0.3, -0.25) is 0 Å². The first-order valence-corrected chi connectivity index (χ1v) is 9.60. The van der Waals surface area contributed by atoms with Crippen molar-refractivity contribution in [1.82, 2.24) is 4.72 Å². The van der Waals surface area contributed by atoms with Crippen LogP contribution in [0.25, 0.3) is 0 Å². The summed E-state index contributed by atoms with van der Waals surface area (Å²) >= 11 is 0. The Morgan fingerprint density at radius 1 is 1.00 bits per heavy atom. The van der Waals surface area contributed by atoms with Crippen molar-refractivity contribution in [2.75, 3.05) is 6.54 Å². The second-order valence-electron chi connectivity index (χ2n) is 6.32. The predicted molar refractivity (Wildman–Crippen MR) is 90.3 cm³/mol. The average Bonchev–Trinajstić information content (AvgIpc) is 2.53. The maximum Gasteiger partial charge on any atom is 0.573 e. The number of hydrogen-bond acceptors (Lipinski definition) is 3. The van der Waals surface area contributed by atoms with Crippen LogP contribution in [0, 0.1) is 0 Å². The molecular weight excluding hydrogens is 367 g/mol. The Kier molecular flexibility index (Phi) is 4.98. The third-order valence-electron chi connectivity index (χ3n) is 4.66. The summed E-state index contributed by atoms with van der Waals surface area (Å²) in [5.41, 5.74) is 0.697. The van der Waals surface area contributed by atoms with Crippen molar-refractivity contribution >= 4 is 10.0 Å². The molecule has 0 bridgehead atoms. The van der Waals surface area contributed by atoms with Gasteiger partial charge < -0.3 is 4.74 Å². The van der Waals surface area contributed by atoms with Crippen molar-refractivity contribution in [3.63, 3.8) is 0 Å². The van der Waals surface area contributed by atoms with Crippen LogP contribution in [0.5, 0.6) is 5.75 Å². The van der Waals surface area contributed by atoms with Crippen molar-refractivity contribution in [3.8, 4) is 5.75 Å². The molecule has 0 atom stereocenters. The number of halogens is 3. The zero-order chi connectivity index (χ0) is 18.8. The van der Waals surface area contributed by atoms with Crippen LogP contribution in [0.1, 0.15) is 24.8 Å². The molecule has 0 aromatic heterocycles. The first-order chi connectivity index (χ1) is 12.2. The lowest BCUT2D eigenvalue weighted by atomic mass is 9.64. The molecule has 0 spiro atoms. The molecule has 0 unspecified atom stereocenters. The van der Waals surface area contributed by atoms with Gasteiger partial charge in [0.25, 0.3) is 0 Å². The van der Waals surface area contributed by atoms with Crippen LogP contribution in [-0.2, 0) is 15.4 Å². The van der Waals surface area contributed by atoms with Crippen LogP contribution < -0.4 is 9.46 Å². The molecule has 26 heavy (non-hydrogen) atoms. The predicted octanol–water partition coefficient (Wildman–Crippen LogP) is 3.99. The normalized spacial score (nSPS) is 16.7. The van der Waals surface area contributed by atoms with Gasteiger partial charge in [0.15, 0.2) is 0 Å². The molecule has 2 aromatic rings. The molecule has 3 rings (SSSR count). The fourth-order valence-corrected chi connectivity index (χ4v) is 4.41. The minimum absolute atomic E-state index is 0.125. The minimum atomic E-state index is -4.97. The average molecular weight is 385 g/mol. The van der Waals surface area contributed by atoms with Gasteiger partial charge in [-0.05, 0) is 30.5 Å². The highest BCUT2D eigenvalue weighted by Crippen LogP contribution is 2.43. The highest BCUT2D eigenvalue weighted by molar-refractivity contribution is 7.89. The minimum Gasteiger partial charge on any atom is -0.404 e. The molecule has 2 aromatic carbocycles. The lowest BCUT2D eigenvalue weighted by Crippen LogP contribution is -2.45. The Hall–Kier alpha value is -2.06. The third-order valence-corrected chi connectivity index (χ3v) is 6.10. The van der Waals surface area contributed by atoms with Crippen LogP contribution in [-0.4, -0.2) is 21.3 Å². The van der Waals surface area contributed by atoms with Crippen LogP contribution in [0.4, 0.5) is 13.2 Å². The molecule has 1 fully saturated rings. The zero-order valence-corrected chi connectivity index (χ0v) is 14.6. The van der Waals surface area contributed by atoms with Gasteiger partial charge in [-0.25, -0.2) is 13.1 Å². The highest BCUT2D eigenvalue weighted by Gasteiger charge is 2.40. The highest BCUT2D eigenvalue weighted by atomic mass is 32.2. The van der Waals surface area contributed by atoms with E-state index in [0.717, 1.165) is 37.0 Å². The molecule has 0 aliphatic heterocycles. The van der Waals surface area contributed by atoms with Gasteiger partial charge >= 0.3 is 6.36 Å². The summed E-state index contributed by atoms with van der Waals surface area (Å²) in [6, 6.07) is 14.3. The topological polar surface area (TPSA) is 55.4 Å². The van der Waals surface area contributed by atoms with Crippen molar-refractivity contribution in [2.45, 2.75) is 35.9 Å². The Bertz CT molecular complexity index is 863. The van der Waals surface area contributed by atoms with E-state index in [1.54, 1.807) is 0 Å². The van der Waals surface area contributed by atoms with Gasteiger partial charge in [0.05, 0.1) is 0 Å². The standard InChI is InChI=1S/C18H18F3NO3S/c19-18(20,21)25-15-9-4-5-10-16(15)26(23,24)22-13-17(11-6-12-17)14-7-2-1-3-8-14/h1-5,7-10,22H,6,11-13H2. The molecule has 1 saturated carbocycles. The molecule has 0 heterocycles. The van der Waals surface area contributed by atoms with Crippen LogP contribution in [0.2, 0.25) is 0 Å². The Morgan fingerprint density at radius 2 is 1.62 bits per heavy atom. The summed E-state index contributed by atoms with van der Waals surface area (Å²) in [6.07, 6.45) is -2.35. The number of benzene rings is 2. The number of ether oxygens (including phenoxy) is 1. The molecular formula is C18H18F3NO3S. The molecule has 4 nitrogen and oxygen atoms in total. The Morgan fingerprint density at radius 3 is 2.19 bits per heavy atom. The number of sulfonamides is 1. The fraction of sp³-hybridized carbons (Fsp3) is 0.333. The second-order valence-corrected chi connectivity index (χ2v) is 8.05. The summed E-state index contributed by atoms with van der Waals surface area (Å²) in [5, 5.41) is 0. The van der Waals surface area contributed by atoms with Crippen LogP contribution in [0.15, 0.2) is 59.5 Å². The second kappa shape index (κ2) is 6.92. The molecule has 1 aliphatic carbocycles. The number of para-hydroxylation sites is 1. The summed E-state index contributed by atoms with van der Waals surface area (Å²) in [7, 11) is -4.16. The van der Waals surface area contributed by atoms with E-state index in [1.165, 1.54) is 12.1 Å². The van der Waals surface area contributed by atoms with Crippen molar-refractivity contribution in [1.29, 1.82) is 0 Å². The first-order valence-electron chi connectivity index (χ1n) is 8.12. The van der Waals surface area contributed by atoms with E-state index in [-0.39, 0.29) is 12.0 Å². The van der Waals surface area contributed by atoms with Gasteiger partial charge in [-0.2, -0.15) is 0 Å². The number of hydrogen-bond donors (Lipinski definition) is 1. The van der Waals surface area contributed by atoms with Gasteiger partial charge in [0, 0.05) is 12.0 Å². The maximum absolute atomic E-state index is 12.6. The van der Waals surface area contributed by atoms with E-state index in [0.29, 0.717) is 0 Å². The van der Waals surface area contributed by atoms with Gasteiger partial charge in [0.1, 0.15) is 10.6 Å². The smallest absolute Gasteiger partial charge is 0.404 e. The molecule has 0 amide bonds. The summed E-state index contributed by atoms with van der Waals surface area (Å²) in [5.74, 6) is -0.741. The third kappa shape index (κ3) is 4.02. The number of alkyl halides is 3. The Balaban J connectivity index is 1.82. The number of rotatable bonds is 6. The van der Waals surface area contributed by atoms with Crippen molar-refractivity contribution in [2.24, 2.45) is 0 Å². The van der Waals surface area contributed by atoms with E-state index in [2.05, 4.69) is 9.46 Å². The van der Waals surface area contributed by atoms with Gasteiger partial charge in [-0.15, -0.1) is 13.2 Å². The van der Waals surface area contributed by atoms with E-state index in [1.807, 2.05) is 30.3 Å². The maximum atomic E-state index is 12.6. The van der Waals surface area contributed by atoms with E-state index in [9.17, 15) is 21.6 Å². The Labute approximate surface area is 150 Å². The number of nitrogens with one attached hydrogen (secondary N) is 1. The van der Waals surface area contributed by atoms with E-state index < -0.39 is 27.0 Å². The summed E-state index contributed by atoms with van der Waals surface area (Å²) < 4.78 is 69.1. The quantitative estimate of drug-likeness (QED) is 0.818. The summed E-state index contributed by atoms with van der Waals surface area (Å²) in [4.78, 5) is -0.528. The monoisotopic (exact) mass is 385 g/mol. The lowest BCUT2D eigenvalue weighted by Gasteiger charge is -2.42. The largest absolute Gasteiger partial charge is 0.573 e. The molecule has 1 N–H and O–H groups in total. The molecule has 140 valence electrons. The lowest BCUT2D eigenvalue weighted by molar-refractivity contribution is -0.275.